The van der Waals surface area contributed by atoms with Gasteiger partial charge in [0.05, 0.1) is 27.8 Å². The largest absolute Gasteiger partial charge is 0.366 e. The van der Waals surface area contributed by atoms with Gasteiger partial charge in [-0.05, 0) is 87.6 Å². The minimum atomic E-state index is -0.596. The zero-order valence-electron chi connectivity index (χ0n) is 28.8. The van der Waals surface area contributed by atoms with Gasteiger partial charge in [0, 0.05) is 42.3 Å². The van der Waals surface area contributed by atoms with Crippen molar-refractivity contribution in [1.82, 2.24) is 28.9 Å². The molecular formula is C38H44N10O4. The van der Waals surface area contributed by atoms with Crippen molar-refractivity contribution >= 4 is 57.6 Å². The molecule has 2 aromatic carbocycles. The van der Waals surface area contributed by atoms with Crippen LogP contribution >= 0.6 is 0 Å². The van der Waals surface area contributed by atoms with Crippen LogP contribution in [0.5, 0.6) is 0 Å². The van der Waals surface area contributed by atoms with Gasteiger partial charge in [-0.25, -0.2) is 9.97 Å². The van der Waals surface area contributed by atoms with Crippen LogP contribution in [0.1, 0.15) is 90.3 Å². The summed E-state index contributed by atoms with van der Waals surface area (Å²) in [7, 11) is 0. The van der Waals surface area contributed by atoms with Crippen LogP contribution in [0.15, 0.2) is 65.3 Å². The Labute approximate surface area is 300 Å². The van der Waals surface area contributed by atoms with Gasteiger partial charge >= 0.3 is 0 Å². The Hall–Kier alpha value is -6.05. The predicted octanol–water partition coefficient (Wildman–Crippen LogP) is 5.47. The molecule has 1 atom stereocenters. The summed E-state index contributed by atoms with van der Waals surface area (Å²) in [6.07, 6.45) is 6.22. The van der Waals surface area contributed by atoms with Crippen molar-refractivity contribution < 1.29 is 19.2 Å². The number of anilines is 2. The highest BCUT2D eigenvalue weighted by atomic mass is 16.2. The van der Waals surface area contributed by atoms with Crippen LogP contribution in [-0.4, -0.2) is 52.5 Å². The number of aromatic nitrogens is 6. The second-order valence-electron chi connectivity index (χ2n) is 13.2. The number of aryl methyl sites for hydroxylation is 4. The number of imidazole rings is 2. The van der Waals surface area contributed by atoms with E-state index in [0.29, 0.717) is 45.8 Å². The van der Waals surface area contributed by atoms with Gasteiger partial charge in [0.25, 0.3) is 11.8 Å². The minimum absolute atomic E-state index is 0. The molecule has 4 amide bonds. The summed E-state index contributed by atoms with van der Waals surface area (Å²) in [6, 6.07) is 11.7. The highest BCUT2D eigenvalue weighted by Crippen LogP contribution is 2.37. The topological polar surface area (TPSA) is 198 Å². The number of hydrogen-bond acceptors (Lipinski definition) is 7. The second kappa shape index (κ2) is 14.3. The number of nitrogens with one attached hydrogen (secondary N) is 2. The predicted molar refractivity (Wildman–Crippen MR) is 200 cm³/mol. The molecule has 0 fully saturated rings. The summed E-state index contributed by atoms with van der Waals surface area (Å²) in [4.78, 5) is 61.6. The van der Waals surface area contributed by atoms with Crippen LogP contribution in [0, 0.1) is 12.8 Å². The van der Waals surface area contributed by atoms with Gasteiger partial charge in [-0.15, -0.1) is 0 Å². The van der Waals surface area contributed by atoms with E-state index in [4.69, 9.17) is 21.4 Å². The molecule has 1 unspecified atom stereocenters. The van der Waals surface area contributed by atoms with Crippen molar-refractivity contribution in [3.05, 3.63) is 87.8 Å². The number of allylic oxidation sites excluding steroid dienone is 3. The average molecular weight is 705 g/mol. The monoisotopic (exact) mass is 704 g/mol. The maximum absolute atomic E-state index is 14.2. The van der Waals surface area contributed by atoms with E-state index in [1.54, 1.807) is 47.1 Å². The number of primary amides is 2. The maximum Gasteiger partial charge on any atom is 0.276 e. The lowest BCUT2D eigenvalue weighted by atomic mass is 9.94. The smallest absolute Gasteiger partial charge is 0.276 e. The van der Waals surface area contributed by atoms with E-state index in [-0.39, 0.29) is 49.8 Å². The van der Waals surface area contributed by atoms with Crippen LogP contribution < -0.4 is 22.1 Å². The Morgan fingerprint density at radius 3 is 1.94 bits per heavy atom. The summed E-state index contributed by atoms with van der Waals surface area (Å²) in [6.45, 7) is 7.10. The van der Waals surface area contributed by atoms with Gasteiger partial charge in [-0.3, -0.25) is 34.5 Å². The molecule has 2 aliphatic rings. The first-order valence-electron chi connectivity index (χ1n) is 17.2. The van der Waals surface area contributed by atoms with Crippen molar-refractivity contribution in [2.24, 2.45) is 17.4 Å². The molecule has 7 rings (SSSR count). The van der Waals surface area contributed by atoms with Crippen molar-refractivity contribution in [2.75, 3.05) is 10.6 Å². The third kappa shape index (κ3) is 6.59. The van der Waals surface area contributed by atoms with Gasteiger partial charge in [0.1, 0.15) is 5.69 Å². The third-order valence-electron chi connectivity index (χ3n) is 9.80. The third-order valence-corrected chi connectivity index (χ3v) is 9.80. The number of amides is 4. The molecule has 4 heterocycles. The fraction of sp³-hybridized carbons (Fsp3) is 0.342. The molecule has 0 bridgehead atoms. The summed E-state index contributed by atoms with van der Waals surface area (Å²) in [5.74, 6) is -1.22. The zero-order valence-corrected chi connectivity index (χ0v) is 28.8. The minimum Gasteiger partial charge on any atom is -0.366 e. The number of nitrogens with zero attached hydrogens (tertiary/aromatic N) is 6. The van der Waals surface area contributed by atoms with Crippen LogP contribution in [0.4, 0.5) is 11.9 Å². The van der Waals surface area contributed by atoms with E-state index in [0.717, 1.165) is 54.5 Å². The quantitative estimate of drug-likeness (QED) is 0.191. The van der Waals surface area contributed by atoms with Crippen LogP contribution in [0.3, 0.4) is 0 Å². The lowest BCUT2D eigenvalue weighted by Crippen LogP contribution is -2.23. The normalized spacial score (nSPS) is 17.1. The first-order chi connectivity index (χ1) is 24.5. The van der Waals surface area contributed by atoms with E-state index >= 15 is 0 Å². The van der Waals surface area contributed by atoms with Crippen molar-refractivity contribution in [1.29, 1.82) is 0 Å². The Balaban J connectivity index is 0.00000464. The molecule has 0 radical (unpaired) electrons. The molecule has 0 spiro atoms. The van der Waals surface area contributed by atoms with Gasteiger partial charge in [-0.1, -0.05) is 32.4 Å². The SMILES string of the molecule is C.CCC1C=C(C)C2=C1C(=O)Nc1nc3cc(C(N)=O)ccc3n1CCn1c(nc3cc(C(N)=O)ccc31)NC(=O)c1cc(C)nn1CCCCC2. The number of benzene rings is 2. The van der Waals surface area contributed by atoms with E-state index in [1.807, 2.05) is 16.1 Å². The van der Waals surface area contributed by atoms with Gasteiger partial charge in [0.2, 0.25) is 23.7 Å². The number of fused-ring (bicyclic) bond motifs is 7. The van der Waals surface area contributed by atoms with Crippen molar-refractivity contribution in [3.8, 4) is 0 Å². The van der Waals surface area contributed by atoms with Gasteiger partial charge < -0.3 is 20.6 Å². The molecule has 6 N–H and O–H groups in total. The number of rotatable bonds is 3. The van der Waals surface area contributed by atoms with Crippen LogP contribution in [-0.2, 0) is 24.4 Å². The van der Waals surface area contributed by atoms with Crippen LogP contribution in [0.2, 0.25) is 0 Å². The Kier molecular flexibility index (Phi) is 9.83. The molecule has 5 aromatic rings. The molecule has 52 heavy (non-hydrogen) atoms. The van der Waals surface area contributed by atoms with Crippen molar-refractivity contribution in [3.63, 3.8) is 0 Å². The molecule has 270 valence electrons. The molecule has 14 heteroatoms. The van der Waals surface area contributed by atoms with Gasteiger partial charge in [-0.2, -0.15) is 5.10 Å². The molecule has 14 nitrogen and oxygen atoms in total. The number of carbonyl (C=O) groups excluding carboxylic acids is 4. The Bertz CT molecular complexity index is 2320. The van der Waals surface area contributed by atoms with Crippen molar-refractivity contribution in [2.45, 2.75) is 79.9 Å². The summed E-state index contributed by atoms with van der Waals surface area (Å²) >= 11 is 0. The molecular weight excluding hydrogens is 660 g/mol. The molecule has 0 saturated heterocycles. The Morgan fingerprint density at radius 1 is 0.808 bits per heavy atom. The lowest BCUT2D eigenvalue weighted by molar-refractivity contribution is -0.113. The number of nitrogens with two attached hydrogens (primary N) is 2. The molecule has 1 aliphatic heterocycles. The Morgan fingerprint density at radius 2 is 1.38 bits per heavy atom. The second-order valence-corrected chi connectivity index (χ2v) is 13.2. The molecule has 3 aromatic heterocycles. The van der Waals surface area contributed by atoms with E-state index < -0.39 is 11.8 Å². The fourth-order valence-corrected chi connectivity index (χ4v) is 7.26. The van der Waals surface area contributed by atoms with E-state index in [1.165, 1.54) is 0 Å². The number of carbonyl (C=O) groups is 4. The fourth-order valence-electron chi connectivity index (χ4n) is 7.26. The zero-order chi connectivity index (χ0) is 36.0. The van der Waals surface area contributed by atoms with Crippen LogP contribution in [0.25, 0.3) is 22.1 Å². The average Bonchev–Trinajstić information content (AvgIpc) is 3.83. The van der Waals surface area contributed by atoms with E-state index in [9.17, 15) is 19.2 Å². The highest BCUT2D eigenvalue weighted by molar-refractivity contribution is 6.06. The summed E-state index contributed by atoms with van der Waals surface area (Å²) < 4.78 is 5.44. The molecule has 0 saturated carbocycles. The molecule has 1 aliphatic carbocycles. The lowest BCUT2D eigenvalue weighted by Gasteiger charge is -2.16. The van der Waals surface area contributed by atoms with E-state index in [2.05, 4.69) is 35.7 Å². The first-order valence-corrected chi connectivity index (χ1v) is 17.2. The van der Waals surface area contributed by atoms with Gasteiger partial charge in [0.15, 0.2) is 0 Å². The standard InChI is InChI=1S/C37H40N10O4.CH4/c1-4-22-16-20(2)25-8-6-5-7-13-47-30(17-21(3)44-47)34(50)42-36-40-26-18-23(32(38)48)9-11-28(26)45(36)14-15-46-29-12-10-24(33(39)49)19-27(29)41-37(46)43-35(51)31(22)25;/h9-12,16-19,22H,4-8,13-15H2,1-3H3,(H2,38,48)(H2,39,49)(H,40,42,50)(H,41,43,51);1H4. The summed E-state index contributed by atoms with van der Waals surface area (Å²) in [5.41, 5.74) is 18.1. The maximum atomic E-state index is 14.2. The summed E-state index contributed by atoms with van der Waals surface area (Å²) in [5, 5.41) is 10.7. The number of hydrogen-bond donors (Lipinski definition) is 4. The first kappa shape index (κ1) is 35.8. The highest BCUT2D eigenvalue weighted by Gasteiger charge is 2.30.